The Hall–Kier alpha value is -7.03. The van der Waals surface area contributed by atoms with Crippen LogP contribution in [0.1, 0.15) is 0 Å². The molecule has 0 fully saturated rings. The van der Waals surface area contributed by atoms with Crippen molar-refractivity contribution in [3.63, 3.8) is 0 Å². The minimum absolute atomic E-state index is 0.00751. The zero-order valence-electron chi connectivity index (χ0n) is 28.8. The highest BCUT2D eigenvalue weighted by Gasteiger charge is 2.21. The van der Waals surface area contributed by atoms with Crippen LogP contribution in [0.25, 0.3) is 104 Å². The van der Waals surface area contributed by atoms with Gasteiger partial charge in [0.2, 0.25) is 0 Å². The van der Waals surface area contributed by atoms with Crippen molar-refractivity contribution >= 4 is 59.5 Å². The van der Waals surface area contributed by atoms with E-state index in [0.29, 0.717) is 5.39 Å². The van der Waals surface area contributed by atoms with Crippen LogP contribution in [0.5, 0.6) is 0 Å². The van der Waals surface area contributed by atoms with E-state index >= 15 is 0 Å². The van der Waals surface area contributed by atoms with E-state index < -0.39 is 0 Å². The van der Waals surface area contributed by atoms with Gasteiger partial charge in [0.1, 0.15) is 0 Å². The second-order valence-electron chi connectivity index (χ2n) is 14.0. The summed E-state index contributed by atoms with van der Waals surface area (Å²) in [4.78, 5) is 14.7. The van der Waals surface area contributed by atoms with Crippen LogP contribution < -0.4 is 5.56 Å². The van der Waals surface area contributed by atoms with Crippen molar-refractivity contribution in [2.45, 2.75) is 0 Å². The smallest absolute Gasteiger partial charge is 0.263 e. The van der Waals surface area contributed by atoms with E-state index in [-0.39, 0.29) is 5.56 Å². The van der Waals surface area contributed by atoms with Crippen LogP contribution in [0.15, 0.2) is 193 Å². The van der Waals surface area contributed by atoms with Gasteiger partial charge in [0.25, 0.3) is 5.56 Å². The first-order chi connectivity index (χ1) is 26.2. The summed E-state index contributed by atoms with van der Waals surface area (Å²) < 4.78 is 1.95. The predicted molar refractivity (Wildman–Crippen MR) is 224 cm³/mol. The van der Waals surface area contributed by atoms with Gasteiger partial charge in [0.15, 0.2) is 0 Å². The number of fused-ring (bicyclic) bond motifs is 7. The Morgan fingerprint density at radius 3 is 1.30 bits per heavy atom. The monoisotopic (exact) mass is 673 g/mol. The number of hydrogen-bond donors (Lipinski definition) is 0. The Bertz CT molecular complexity index is 3210. The van der Waals surface area contributed by atoms with Gasteiger partial charge in [-0.15, -0.1) is 0 Å². The third-order valence-corrected chi connectivity index (χ3v) is 11.1. The Morgan fingerprint density at radius 1 is 0.283 bits per heavy atom. The molecule has 0 aliphatic heterocycles. The second kappa shape index (κ2) is 11.5. The SMILES string of the molecule is O=c1c2ccc(-c3c4ccccc4c(-c4ccccc4)c4ccccc34)cc2c2cc(-c3ccccc3)cc3c4cc(-c5ccccc5)ccc4n1c23. The molecule has 0 amide bonds. The second-order valence-corrected chi connectivity index (χ2v) is 14.0. The molecule has 9 aromatic carbocycles. The summed E-state index contributed by atoms with van der Waals surface area (Å²) in [6, 6.07) is 66.8. The van der Waals surface area contributed by atoms with Crippen molar-refractivity contribution < 1.29 is 0 Å². The van der Waals surface area contributed by atoms with Crippen LogP contribution >= 0.6 is 0 Å². The third kappa shape index (κ3) is 4.43. The first-order valence-electron chi connectivity index (χ1n) is 18.1. The highest BCUT2D eigenvalue weighted by atomic mass is 16.1. The fourth-order valence-electron chi connectivity index (χ4n) is 8.76. The first kappa shape index (κ1) is 29.7. The van der Waals surface area contributed by atoms with Crippen LogP contribution in [0.3, 0.4) is 0 Å². The van der Waals surface area contributed by atoms with Gasteiger partial charge >= 0.3 is 0 Å². The van der Waals surface area contributed by atoms with E-state index in [1.807, 2.05) is 10.5 Å². The molecule has 2 aromatic heterocycles. The summed E-state index contributed by atoms with van der Waals surface area (Å²) in [5.74, 6) is 0. The number of hydrogen-bond acceptors (Lipinski definition) is 1. The molecule has 0 saturated heterocycles. The fourth-order valence-corrected chi connectivity index (χ4v) is 8.76. The van der Waals surface area contributed by atoms with E-state index in [1.54, 1.807) is 0 Å². The molecule has 0 radical (unpaired) electrons. The highest BCUT2D eigenvalue weighted by Crippen LogP contribution is 2.45. The summed E-state index contributed by atoms with van der Waals surface area (Å²) in [5, 5.41) is 9.73. The van der Waals surface area contributed by atoms with Crippen LogP contribution in [0, 0.1) is 0 Å². The maximum atomic E-state index is 14.7. The maximum absolute atomic E-state index is 14.7. The number of nitrogens with zero attached hydrogens (tertiary/aromatic N) is 1. The molecule has 0 N–H and O–H groups in total. The summed E-state index contributed by atoms with van der Waals surface area (Å²) in [7, 11) is 0. The molecular formula is C51H31NO. The Morgan fingerprint density at radius 2 is 0.717 bits per heavy atom. The standard InChI is InChI=1S/C51H31NO/c53-51-42-26-24-36(49-40-22-12-10-20-38(40)48(34-18-8-3-9-19-34)39-21-11-13-23-41(39)49)29-43(42)45-30-37(33-16-6-2-7-17-33)31-46-44-28-35(32-14-4-1-5-15-32)25-27-47(44)52(51)50(45)46/h1-31H. The molecule has 53 heavy (non-hydrogen) atoms. The number of benzene rings is 9. The lowest BCUT2D eigenvalue weighted by Crippen LogP contribution is -2.13. The van der Waals surface area contributed by atoms with Crippen LogP contribution in [-0.4, -0.2) is 4.40 Å². The predicted octanol–water partition coefficient (Wildman–Crippen LogP) is 13.2. The molecule has 11 rings (SSSR count). The largest absolute Gasteiger partial charge is 0.275 e. The fraction of sp³-hybridized carbons (Fsp3) is 0. The van der Waals surface area contributed by atoms with Crippen molar-refractivity contribution in [1.29, 1.82) is 0 Å². The number of aromatic nitrogens is 1. The van der Waals surface area contributed by atoms with Crippen molar-refractivity contribution in [3.05, 3.63) is 198 Å². The van der Waals surface area contributed by atoms with Gasteiger partial charge in [-0.25, -0.2) is 0 Å². The summed E-state index contributed by atoms with van der Waals surface area (Å²) in [6.45, 7) is 0. The molecule has 0 aliphatic rings. The molecule has 0 aliphatic carbocycles. The molecule has 0 saturated carbocycles. The molecular weight excluding hydrogens is 643 g/mol. The third-order valence-electron chi connectivity index (χ3n) is 11.1. The maximum Gasteiger partial charge on any atom is 0.263 e. The topological polar surface area (TPSA) is 21.5 Å². The van der Waals surface area contributed by atoms with Gasteiger partial charge < -0.3 is 0 Å². The lowest BCUT2D eigenvalue weighted by atomic mass is 9.85. The average molecular weight is 674 g/mol. The molecule has 0 atom stereocenters. The molecule has 0 unspecified atom stereocenters. The molecule has 0 bridgehead atoms. The van der Waals surface area contributed by atoms with E-state index in [9.17, 15) is 4.79 Å². The van der Waals surface area contributed by atoms with E-state index in [0.717, 1.165) is 60.4 Å². The quantitative estimate of drug-likeness (QED) is 0.135. The molecule has 2 heteroatoms. The van der Waals surface area contributed by atoms with Gasteiger partial charge in [-0.2, -0.15) is 0 Å². The van der Waals surface area contributed by atoms with Gasteiger partial charge in [0.05, 0.1) is 11.0 Å². The van der Waals surface area contributed by atoms with Crippen molar-refractivity contribution in [2.24, 2.45) is 0 Å². The van der Waals surface area contributed by atoms with Crippen LogP contribution in [0.4, 0.5) is 0 Å². The summed E-state index contributed by atoms with van der Waals surface area (Å²) >= 11 is 0. The van der Waals surface area contributed by atoms with Gasteiger partial charge in [-0.05, 0) is 108 Å². The zero-order valence-corrected chi connectivity index (χ0v) is 28.8. The lowest BCUT2D eigenvalue weighted by molar-refractivity contribution is 1.21. The normalized spacial score (nSPS) is 11.8. The minimum Gasteiger partial charge on any atom is -0.275 e. The minimum atomic E-state index is 0.00751. The number of pyridine rings is 1. The lowest BCUT2D eigenvalue weighted by Gasteiger charge is -2.18. The van der Waals surface area contributed by atoms with E-state index in [1.165, 1.54) is 38.2 Å². The number of rotatable bonds is 4. The average Bonchev–Trinajstić information content (AvgIpc) is 3.56. The van der Waals surface area contributed by atoms with Crippen molar-refractivity contribution in [2.75, 3.05) is 0 Å². The molecule has 11 aromatic rings. The molecule has 2 heterocycles. The van der Waals surface area contributed by atoms with Gasteiger partial charge in [0, 0.05) is 21.5 Å². The van der Waals surface area contributed by atoms with Crippen molar-refractivity contribution in [3.8, 4) is 44.5 Å². The van der Waals surface area contributed by atoms with E-state index in [2.05, 4.69) is 182 Å². The summed E-state index contributed by atoms with van der Waals surface area (Å²) in [6.07, 6.45) is 0. The van der Waals surface area contributed by atoms with Gasteiger partial charge in [-0.1, -0.05) is 152 Å². The Balaban J connectivity index is 1.26. The molecule has 246 valence electrons. The van der Waals surface area contributed by atoms with Crippen LogP contribution in [-0.2, 0) is 0 Å². The Labute approximate surface area is 305 Å². The Kier molecular flexibility index (Phi) is 6.44. The summed E-state index contributed by atoms with van der Waals surface area (Å²) in [5.41, 5.74) is 11.2. The van der Waals surface area contributed by atoms with Crippen molar-refractivity contribution in [1.82, 2.24) is 4.40 Å². The van der Waals surface area contributed by atoms with E-state index in [4.69, 9.17) is 0 Å². The first-order valence-corrected chi connectivity index (χ1v) is 18.1. The molecule has 2 nitrogen and oxygen atoms in total. The van der Waals surface area contributed by atoms with Gasteiger partial charge in [-0.3, -0.25) is 9.20 Å². The van der Waals surface area contributed by atoms with Crippen LogP contribution in [0.2, 0.25) is 0 Å². The molecule has 0 spiro atoms. The zero-order chi connectivity index (χ0) is 35.0. The highest BCUT2D eigenvalue weighted by molar-refractivity contribution is 6.24.